The molecule has 2 aromatic heterocycles. The molecule has 1 amide bonds. The average Bonchev–Trinajstić information content (AvgIpc) is 3.14. The Morgan fingerprint density at radius 1 is 1.07 bits per heavy atom. The number of hydrogen-bond acceptors (Lipinski definition) is 4. The maximum absolute atomic E-state index is 13.1. The van der Waals surface area contributed by atoms with Crippen LogP contribution in [0.3, 0.4) is 0 Å². The Labute approximate surface area is 164 Å². The minimum atomic E-state index is -4.43. The molecule has 1 aliphatic rings. The minimum Gasteiger partial charge on any atom is -0.305 e. The maximum Gasteiger partial charge on any atom is 0.416 e. The fourth-order valence-electron chi connectivity index (χ4n) is 3.11. The average molecular weight is 397 g/mol. The van der Waals surface area contributed by atoms with Crippen molar-refractivity contribution in [2.75, 3.05) is 11.4 Å². The van der Waals surface area contributed by atoms with Gasteiger partial charge in [0, 0.05) is 24.6 Å². The van der Waals surface area contributed by atoms with Gasteiger partial charge in [0.15, 0.2) is 0 Å². The van der Waals surface area contributed by atoms with E-state index >= 15 is 0 Å². The van der Waals surface area contributed by atoms with Crippen LogP contribution in [0.2, 0.25) is 0 Å². The third kappa shape index (κ3) is 3.57. The van der Waals surface area contributed by atoms with Crippen LogP contribution in [-0.2, 0) is 6.18 Å². The zero-order valence-corrected chi connectivity index (χ0v) is 15.2. The van der Waals surface area contributed by atoms with Gasteiger partial charge in [-0.3, -0.25) is 9.48 Å². The SMILES string of the molecule is CC1CN(c2ccc(C(F)(F)F)cc2)C(=O)c2c(C#Cc3cncnc3)cnn21. The highest BCUT2D eigenvalue weighted by molar-refractivity contribution is 6.07. The molecule has 0 N–H and O–H groups in total. The summed E-state index contributed by atoms with van der Waals surface area (Å²) in [6, 6.07) is 4.36. The van der Waals surface area contributed by atoms with Crippen LogP contribution in [-0.4, -0.2) is 32.2 Å². The monoisotopic (exact) mass is 397 g/mol. The lowest BCUT2D eigenvalue weighted by Crippen LogP contribution is -2.43. The smallest absolute Gasteiger partial charge is 0.305 e. The number of anilines is 1. The molecular weight excluding hydrogens is 383 g/mol. The number of benzene rings is 1. The van der Waals surface area contributed by atoms with E-state index in [0.717, 1.165) is 12.1 Å². The first kappa shape index (κ1) is 18.7. The molecule has 29 heavy (non-hydrogen) atoms. The van der Waals surface area contributed by atoms with E-state index in [0.29, 0.717) is 22.5 Å². The zero-order chi connectivity index (χ0) is 20.6. The summed E-state index contributed by atoms with van der Waals surface area (Å²) < 4.78 is 40.0. The van der Waals surface area contributed by atoms with Gasteiger partial charge < -0.3 is 4.90 Å². The van der Waals surface area contributed by atoms with E-state index in [-0.39, 0.29) is 18.5 Å². The summed E-state index contributed by atoms with van der Waals surface area (Å²) in [7, 11) is 0. The highest BCUT2D eigenvalue weighted by Crippen LogP contribution is 2.32. The first-order valence-electron chi connectivity index (χ1n) is 8.68. The highest BCUT2D eigenvalue weighted by atomic mass is 19.4. The lowest BCUT2D eigenvalue weighted by atomic mass is 10.1. The first-order chi connectivity index (χ1) is 13.8. The molecule has 0 saturated heterocycles. The summed E-state index contributed by atoms with van der Waals surface area (Å²) in [5.74, 6) is 5.43. The second-order valence-electron chi connectivity index (χ2n) is 6.54. The molecule has 6 nitrogen and oxygen atoms in total. The van der Waals surface area contributed by atoms with Crippen LogP contribution < -0.4 is 4.90 Å². The molecule has 9 heteroatoms. The minimum absolute atomic E-state index is 0.166. The van der Waals surface area contributed by atoms with E-state index in [1.165, 1.54) is 29.6 Å². The van der Waals surface area contributed by atoms with E-state index in [4.69, 9.17) is 0 Å². The van der Waals surface area contributed by atoms with E-state index in [2.05, 4.69) is 26.9 Å². The molecular formula is C20H14F3N5O. The van der Waals surface area contributed by atoms with Crippen LogP contribution in [0.5, 0.6) is 0 Å². The van der Waals surface area contributed by atoms with Crippen molar-refractivity contribution in [3.8, 4) is 11.8 Å². The first-order valence-corrected chi connectivity index (χ1v) is 8.68. The summed E-state index contributed by atoms with van der Waals surface area (Å²) >= 11 is 0. The fourth-order valence-corrected chi connectivity index (χ4v) is 3.11. The number of carbonyl (C=O) groups excluding carboxylic acids is 1. The number of hydrogen-bond donors (Lipinski definition) is 0. The van der Waals surface area contributed by atoms with E-state index < -0.39 is 11.7 Å². The van der Waals surface area contributed by atoms with Crippen molar-refractivity contribution in [1.82, 2.24) is 19.7 Å². The van der Waals surface area contributed by atoms with Gasteiger partial charge in [-0.2, -0.15) is 18.3 Å². The molecule has 1 unspecified atom stereocenters. The third-order valence-electron chi connectivity index (χ3n) is 4.52. The van der Waals surface area contributed by atoms with E-state index in [1.807, 2.05) is 6.92 Å². The second-order valence-corrected chi connectivity index (χ2v) is 6.54. The van der Waals surface area contributed by atoms with Gasteiger partial charge in [0.1, 0.15) is 12.0 Å². The van der Waals surface area contributed by atoms with Crippen molar-refractivity contribution in [2.24, 2.45) is 0 Å². The molecule has 0 aliphatic carbocycles. The van der Waals surface area contributed by atoms with E-state index in [1.54, 1.807) is 17.1 Å². The Morgan fingerprint density at radius 2 is 1.76 bits per heavy atom. The van der Waals surface area contributed by atoms with E-state index in [9.17, 15) is 18.0 Å². The Kier molecular flexibility index (Phi) is 4.54. The van der Waals surface area contributed by atoms with Crippen molar-refractivity contribution in [3.05, 3.63) is 71.6 Å². The van der Waals surface area contributed by atoms with Crippen molar-refractivity contribution in [2.45, 2.75) is 19.1 Å². The molecule has 0 radical (unpaired) electrons. The highest BCUT2D eigenvalue weighted by Gasteiger charge is 2.34. The van der Waals surface area contributed by atoms with Gasteiger partial charge in [-0.15, -0.1) is 0 Å². The largest absolute Gasteiger partial charge is 0.416 e. The lowest BCUT2D eigenvalue weighted by molar-refractivity contribution is -0.137. The molecule has 146 valence electrons. The number of carbonyl (C=O) groups is 1. The number of aromatic nitrogens is 4. The fraction of sp³-hybridized carbons (Fsp3) is 0.200. The van der Waals surface area contributed by atoms with Gasteiger partial charge in [0.2, 0.25) is 0 Å². The quantitative estimate of drug-likeness (QED) is 0.591. The Bertz CT molecular complexity index is 1110. The third-order valence-corrected chi connectivity index (χ3v) is 4.52. The number of rotatable bonds is 1. The Balaban J connectivity index is 1.68. The molecule has 0 saturated carbocycles. The molecule has 1 aliphatic heterocycles. The van der Waals surface area contributed by atoms with Gasteiger partial charge in [-0.1, -0.05) is 11.8 Å². The number of fused-ring (bicyclic) bond motifs is 1. The Morgan fingerprint density at radius 3 is 2.41 bits per heavy atom. The van der Waals surface area contributed by atoms with Crippen LogP contribution in [0.15, 0.2) is 49.2 Å². The molecule has 0 spiro atoms. The number of halogens is 3. The van der Waals surface area contributed by atoms with Gasteiger partial charge in [-0.05, 0) is 31.2 Å². The van der Waals surface area contributed by atoms with Crippen molar-refractivity contribution in [1.29, 1.82) is 0 Å². The maximum atomic E-state index is 13.1. The van der Waals surface area contributed by atoms with Crippen LogP contribution in [0.25, 0.3) is 0 Å². The van der Waals surface area contributed by atoms with Crippen LogP contribution in [0.4, 0.5) is 18.9 Å². The molecule has 0 fully saturated rings. The van der Waals surface area contributed by atoms with Gasteiger partial charge in [0.05, 0.1) is 28.9 Å². The summed E-state index contributed by atoms with van der Waals surface area (Å²) in [5, 5.41) is 4.26. The van der Waals surface area contributed by atoms with Crippen molar-refractivity contribution >= 4 is 11.6 Å². The van der Waals surface area contributed by atoms with Gasteiger partial charge >= 0.3 is 6.18 Å². The van der Waals surface area contributed by atoms with Gasteiger partial charge in [0.25, 0.3) is 5.91 Å². The summed E-state index contributed by atoms with van der Waals surface area (Å²) in [6.07, 6.45) is 1.57. The molecule has 0 bridgehead atoms. The number of nitrogens with zero attached hydrogens (tertiary/aromatic N) is 5. The summed E-state index contributed by atoms with van der Waals surface area (Å²) in [5.41, 5.74) is 0.941. The normalized spacial score (nSPS) is 16.2. The second kappa shape index (κ2) is 7.05. The molecule has 1 aromatic carbocycles. The molecule has 4 rings (SSSR count). The zero-order valence-electron chi connectivity index (χ0n) is 15.2. The number of amides is 1. The van der Waals surface area contributed by atoms with Gasteiger partial charge in [-0.25, -0.2) is 9.97 Å². The summed E-state index contributed by atoms with van der Waals surface area (Å²) in [6.45, 7) is 2.17. The molecule has 3 heterocycles. The topological polar surface area (TPSA) is 63.9 Å². The van der Waals surface area contributed by atoms with Crippen molar-refractivity contribution in [3.63, 3.8) is 0 Å². The van der Waals surface area contributed by atoms with Crippen LogP contribution >= 0.6 is 0 Å². The standard InChI is InChI=1S/C20H14F3N5O/c1-13-11-27(17-6-4-16(5-7-17)20(21,22)23)19(29)18-15(10-26-28(13)18)3-2-14-8-24-12-25-9-14/h4-10,12-13H,11H2,1H3. The predicted octanol–water partition coefficient (Wildman–Crippen LogP) is 3.31. The summed E-state index contributed by atoms with van der Waals surface area (Å²) in [4.78, 5) is 22.3. The number of alkyl halides is 3. The van der Waals surface area contributed by atoms with Crippen LogP contribution in [0, 0.1) is 11.8 Å². The molecule has 3 aromatic rings. The molecule has 1 atom stereocenters. The lowest BCUT2D eigenvalue weighted by Gasteiger charge is -2.32. The van der Waals surface area contributed by atoms with Crippen LogP contribution in [0.1, 0.15) is 40.1 Å². The predicted molar refractivity (Wildman–Crippen MR) is 98.1 cm³/mol. The Hall–Kier alpha value is -3.67. The van der Waals surface area contributed by atoms with Crippen molar-refractivity contribution < 1.29 is 18.0 Å².